The van der Waals surface area contributed by atoms with Gasteiger partial charge in [-0.1, -0.05) is 59.6 Å². The van der Waals surface area contributed by atoms with Gasteiger partial charge in [0.25, 0.3) is 0 Å². The minimum Gasteiger partial charge on any atom is -0.472 e. The van der Waals surface area contributed by atoms with Crippen molar-refractivity contribution in [3.05, 3.63) is 35.6 Å². The summed E-state index contributed by atoms with van der Waals surface area (Å²) in [6.45, 7) is 31.0. The lowest BCUT2D eigenvalue weighted by molar-refractivity contribution is 0.000882. The van der Waals surface area contributed by atoms with Crippen LogP contribution in [0.3, 0.4) is 0 Å². The summed E-state index contributed by atoms with van der Waals surface area (Å²) in [5, 5.41) is 0.903. The second-order valence-corrected chi connectivity index (χ2v) is 29.3. The third kappa shape index (κ3) is 9.87. The summed E-state index contributed by atoms with van der Waals surface area (Å²) >= 11 is 0. The number of imide groups is 1. The number of amides is 3. The third-order valence-electron chi connectivity index (χ3n) is 13.1. The molecule has 3 amide bonds. The highest BCUT2D eigenvalue weighted by Gasteiger charge is 2.54. The summed E-state index contributed by atoms with van der Waals surface area (Å²) < 4.78 is 55.9. The number of halogens is 1. The number of hydrogen-bond acceptors (Lipinski definition) is 13. The molecule has 69 heavy (non-hydrogen) atoms. The van der Waals surface area contributed by atoms with Crippen molar-refractivity contribution in [2.75, 3.05) is 22.6 Å². The lowest BCUT2D eigenvalue weighted by Gasteiger charge is -2.48. The molecule has 2 bridgehead atoms. The van der Waals surface area contributed by atoms with Gasteiger partial charge in [0, 0.05) is 23.8 Å². The summed E-state index contributed by atoms with van der Waals surface area (Å²) in [5.41, 5.74) is 1.80. The molecule has 3 aromatic heterocycles. The Bertz CT molecular complexity index is 2760. The van der Waals surface area contributed by atoms with Gasteiger partial charge >= 0.3 is 18.3 Å². The summed E-state index contributed by atoms with van der Waals surface area (Å²) in [6, 6.07) is 5.84. The van der Waals surface area contributed by atoms with Crippen molar-refractivity contribution >= 4 is 70.5 Å². The molecule has 2 fully saturated rings. The van der Waals surface area contributed by atoms with Crippen LogP contribution in [0, 0.1) is 17.3 Å². The van der Waals surface area contributed by atoms with Crippen molar-refractivity contribution in [1.29, 1.82) is 0 Å². The first-order valence-corrected chi connectivity index (χ1v) is 27.7. The van der Waals surface area contributed by atoms with E-state index in [4.69, 9.17) is 33.9 Å². The molecule has 0 saturated carbocycles. The molecule has 4 aromatic rings. The Balaban J connectivity index is 1.54. The number of pyridine rings is 2. The van der Waals surface area contributed by atoms with Crippen LogP contribution < -0.4 is 14.5 Å². The van der Waals surface area contributed by atoms with E-state index in [1.54, 1.807) is 58.6 Å². The average molecular weight is 986 g/mol. The predicted octanol–water partition coefficient (Wildman–Crippen LogP) is 11.1. The number of ether oxygens (including phenoxy) is 4. The normalized spacial score (nSPS) is 19.8. The first-order valence-electron chi connectivity index (χ1n) is 23.9. The highest BCUT2D eigenvalue weighted by Crippen LogP contribution is 2.47. The maximum Gasteiger partial charge on any atom is 0.425 e. The number of benzene rings is 1. The molecule has 7 rings (SSSR count). The molecule has 3 aliphatic heterocycles. The standard InChI is InChI=1S/C51H68FN7O8SSi/c1-27(2)69(28(3)4,29(5)6)24-23-31-19-18-20-32-25-35(59(47(61)66-50(11,12)13)48(62)67-51(14,15)16)53-40(36(31)32)41-38(52)39-37-43(56-45(55-39)68(17)63)57-26-33-21-22-34(42(57)30(7)64-44(37)54-41)58(33)46(60)65-49(8,9)10/h18-20,25,27-30,33-34,42H,21-22,26H2,1-17H3/t30-,33+,34-,42+,68?/m0/s1. The summed E-state index contributed by atoms with van der Waals surface area (Å²) in [4.78, 5) is 66.0. The maximum absolute atomic E-state index is 18.2. The van der Waals surface area contributed by atoms with E-state index in [0.29, 0.717) is 57.2 Å². The van der Waals surface area contributed by atoms with Gasteiger partial charge < -0.3 is 23.8 Å². The molecule has 1 unspecified atom stereocenters. The number of anilines is 2. The SMILES string of the molecule is CC(C)[Si](C#Cc1cccc2cc(N(C(=O)OC(C)(C)C)C(=O)OC(C)(C)C)nc(-c3nc4c5c(nc(S(C)=O)nc5c3F)N3C[C@H]5CC[C@@H]([C@H]3[C@H](C)O4)N5C(=O)OC(C)(C)C)c12)(C(C)C)C(C)C. The molecule has 18 heteroatoms. The Morgan fingerprint density at radius 3 is 1.99 bits per heavy atom. The van der Waals surface area contributed by atoms with Gasteiger partial charge in [-0.25, -0.2) is 38.7 Å². The maximum atomic E-state index is 18.2. The van der Waals surface area contributed by atoms with Gasteiger partial charge in [-0.3, -0.25) is 9.11 Å². The smallest absolute Gasteiger partial charge is 0.425 e. The number of fused-ring (bicyclic) bond motifs is 6. The molecule has 3 aliphatic rings. The summed E-state index contributed by atoms with van der Waals surface area (Å²) in [6.07, 6.45) is -0.462. The van der Waals surface area contributed by atoms with Crippen LogP contribution in [0.1, 0.15) is 129 Å². The van der Waals surface area contributed by atoms with Crippen LogP contribution in [-0.2, 0) is 25.0 Å². The van der Waals surface area contributed by atoms with E-state index in [0.717, 1.165) is 0 Å². The first-order chi connectivity index (χ1) is 31.9. The van der Waals surface area contributed by atoms with Crippen LogP contribution in [0.2, 0.25) is 16.6 Å². The Morgan fingerprint density at radius 2 is 1.43 bits per heavy atom. The zero-order valence-electron chi connectivity index (χ0n) is 43.2. The van der Waals surface area contributed by atoms with Crippen molar-refractivity contribution in [1.82, 2.24) is 24.8 Å². The molecule has 2 saturated heterocycles. The number of nitrogens with zero attached hydrogens (tertiary/aromatic N) is 7. The number of carbonyl (C=O) groups is 3. The van der Waals surface area contributed by atoms with E-state index < -0.39 is 71.9 Å². The molecule has 0 spiro atoms. The highest BCUT2D eigenvalue weighted by atomic mass is 32.2. The van der Waals surface area contributed by atoms with E-state index in [1.807, 2.05) is 44.7 Å². The Morgan fingerprint density at radius 1 is 0.841 bits per heavy atom. The second-order valence-electron chi connectivity index (χ2n) is 22.4. The number of aromatic nitrogens is 4. The minimum atomic E-state index is -2.34. The molecule has 15 nitrogen and oxygen atoms in total. The van der Waals surface area contributed by atoms with Gasteiger partial charge in [0.05, 0.1) is 28.9 Å². The van der Waals surface area contributed by atoms with E-state index in [1.165, 1.54) is 6.26 Å². The van der Waals surface area contributed by atoms with Crippen molar-refractivity contribution in [3.63, 3.8) is 0 Å². The van der Waals surface area contributed by atoms with Gasteiger partial charge in [-0.2, -0.15) is 4.90 Å². The first kappa shape index (κ1) is 51.4. The van der Waals surface area contributed by atoms with Crippen molar-refractivity contribution in [2.45, 2.75) is 186 Å². The van der Waals surface area contributed by atoms with Gasteiger partial charge in [-0.15, -0.1) is 5.54 Å². The molecule has 1 aromatic carbocycles. The largest absolute Gasteiger partial charge is 0.472 e. The van der Waals surface area contributed by atoms with Crippen LogP contribution in [0.5, 0.6) is 5.88 Å². The molecular formula is C51H68FN7O8SSi. The number of rotatable bonds is 6. The fraction of sp³-hybridized carbons (Fsp3) is 0.588. The van der Waals surface area contributed by atoms with Gasteiger partial charge in [0.2, 0.25) is 11.0 Å². The lowest BCUT2D eigenvalue weighted by Crippen LogP contribution is -2.65. The molecule has 0 radical (unpaired) electrons. The topological polar surface area (TPSA) is 166 Å². The van der Waals surface area contributed by atoms with Crippen LogP contribution >= 0.6 is 0 Å². The highest BCUT2D eigenvalue weighted by molar-refractivity contribution is 7.84. The van der Waals surface area contributed by atoms with E-state index in [2.05, 4.69) is 58.0 Å². The van der Waals surface area contributed by atoms with E-state index in [9.17, 15) is 18.6 Å². The Kier molecular flexibility index (Phi) is 13.7. The van der Waals surface area contributed by atoms with Crippen molar-refractivity contribution in [3.8, 4) is 28.7 Å². The minimum absolute atomic E-state index is 0.0164. The lowest BCUT2D eigenvalue weighted by atomic mass is 9.98. The molecule has 0 aliphatic carbocycles. The fourth-order valence-corrected chi connectivity index (χ4v) is 16.1. The predicted molar refractivity (Wildman–Crippen MR) is 269 cm³/mol. The quantitative estimate of drug-likeness (QED) is 0.0776. The van der Waals surface area contributed by atoms with Crippen LogP contribution in [0.15, 0.2) is 29.4 Å². The molecule has 6 heterocycles. The molecular weight excluding hydrogens is 918 g/mol. The Labute approximate surface area is 409 Å². The van der Waals surface area contributed by atoms with E-state index in [-0.39, 0.29) is 57.0 Å². The monoisotopic (exact) mass is 985 g/mol. The molecule has 0 N–H and O–H groups in total. The van der Waals surface area contributed by atoms with Crippen molar-refractivity contribution in [2.24, 2.45) is 0 Å². The molecule has 5 atom stereocenters. The number of carbonyl (C=O) groups excluding carboxylic acids is 3. The third-order valence-corrected chi connectivity index (χ3v) is 20.0. The summed E-state index contributed by atoms with van der Waals surface area (Å²) in [7, 11) is -4.12. The zero-order valence-corrected chi connectivity index (χ0v) is 45.0. The summed E-state index contributed by atoms with van der Waals surface area (Å²) in [5.74, 6) is 2.65. The average Bonchev–Trinajstić information content (AvgIpc) is 3.45. The number of hydrogen-bond donors (Lipinski definition) is 0. The van der Waals surface area contributed by atoms with Crippen LogP contribution in [0.25, 0.3) is 33.1 Å². The second kappa shape index (κ2) is 18.4. The van der Waals surface area contributed by atoms with Crippen molar-refractivity contribution < 1.29 is 41.9 Å². The molecule has 372 valence electrons. The van der Waals surface area contributed by atoms with Gasteiger partial charge in [0.1, 0.15) is 64.9 Å². The van der Waals surface area contributed by atoms with Gasteiger partial charge in [0.15, 0.2) is 5.82 Å². The fourth-order valence-electron chi connectivity index (χ4n) is 10.5. The zero-order chi connectivity index (χ0) is 51.0. The van der Waals surface area contributed by atoms with Gasteiger partial charge in [-0.05, 0) is 116 Å². The Hall–Kier alpha value is -5.41. The van der Waals surface area contributed by atoms with Crippen LogP contribution in [-0.4, -0.2) is 109 Å². The van der Waals surface area contributed by atoms with E-state index >= 15 is 4.39 Å². The number of piperazine rings is 1. The van der Waals surface area contributed by atoms with Crippen LogP contribution in [0.4, 0.5) is 30.4 Å².